The Hall–Kier alpha value is -3.11. The van der Waals surface area contributed by atoms with Crippen molar-refractivity contribution in [3.8, 4) is 5.75 Å². The normalized spacial score (nSPS) is 15.9. The highest BCUT2D eigenvalue weighted by Crippen LogP contribution is 2.38. The minimum Gasteiger partial charge on any atom is -0.485 e. The maximum atomic E-state index is 13.6. The highest BCUT2D eigenvalue weighted by atomic mass is 16.5. The van der Waals surface area contributed by atoms with Gasteiger partial charge in [-0.05, 0) is 23.8 Å². The van der Waals surface area contributed by atoms with Gasteiger partial charge in [0.1, 0.15) is 11.9 Å². The van der Waals surface area contributed by atoms with Crippen molar-refractivity contribution in [1.82, 2.24) is 4.57 Å². The molecule has 4 heteroatoms. The number of para-hydroxylation sites is 1. The average molecular weight is 356 g/mol. The van der Waals surface area contributed by atoms with Gasteiger partial charge in [0, 0.05) is 23.2 Å². The van der Waals surface area contributed by atoms with Crippen molar-refractivity contribution in [2.75, 3.05) is 6.54 Å². The molecule has 2 heterocycles. The van der Waals surface area contributed by atoms with Crippen LogP contribution in [0.3, 0.4) is 0 Å². The van der Waals surface area contributed by atoms with Gasteiger partial charge in [0.25, 0.3) is 0 Å². The molecule has 1 aliphatic heterocycles. The number of fused-ring (bicyclic) bond motifs is 1. The first kappa shape index (κ1) is 16.1. The molecule has 4 aromatic rings. The molecular formula is C23H20N2O2. The molecule has 0 aliphatic carbocycles. The molecule has 1 aromatic heterocycles. The predicted molar refractivity (Wildman–Crippen MR) is 108 cm³/mol. The van der Waals surface area contributed by atoms with E-state index >= 15 is 0 Å². The van der Waals surface area contributed by atoms with Crippen LogP contribution in [-0.4, -0.2) is 23.0 Å². The van der Waals surface area contributed by atoms with Gasteiger partial charge in [0.2, 0.25) is 0 Å². The zero-order valence-electron chi connectivity index (χ0n) is 15.1. The van der Waals surface area contributed by atoms with Crippen molar-refractivity contribution >= 4 is 27.5 Å². The second-order valence-electron chi connectivity index (χ2n) is 7.05. The molecule has 0 saturated heterocycles. The molecule has 2 N–H and O–H groups in total. The third-order valence-corrected chi connectivity index (χ3v) is 5.51. The number of carbonyl (C=O) groups excluding carboxylic acids is 1. The standard InChI is InChI=1S/C23H20N2O2/c1-14-21(23(26)18-9-4-7-15-6-2-3-8-17(15)18)19-10-5-11-20-22(19)25(14)13-16(12-24)27-20/h2-11,16H,12-13,24H2,1H3. The Labute approximate surface area is 157 Å². The molecule has 0 amide bonds. The van der Waals surface area contributed by atoms with E-state index in [0.29, 0.717) is 13.1 Å². The number of hydrogen-bond acceptors (Lipinski definition) is 3. The second kappa shape index (κ2) is 5.96. The molecule has 0 spiro atoms. The van der Waals surface area contributed by atoms with E-state index in [1.54, 1.807) is 0 Å². The van der Waals surface area contributed by atoms with Gasteiger partial charge in [-0.3, -0.25) is 4.79 Å². The molecule has 0 saturated carbocycles. The number of nitrogens with two attached hydrogens (primary N) is 1. The maximum Gasteiger partial charge on any atom is 0.196 e. The van der Waals surface area contributed by atoms with Crippen LogP contribution in [0.1, 0.15) is 21.6 Å². The first-order valence-electron chi connectivity index (χ1n) is 9.20. The van der Waals surface area contributed by atoms with E-state index in [1.807, 2.05) is 67.6 Å². The molecule has 1 aliphatic rings. The molecule has 0 fully saturated rings. The SMILES string of the molecule is Cc1c(C(=O)c2cccc3ccccc23)c2cccc3c2n1CC(CN)O3. The molecule has 5 rings (SSSR count). The van der Waals surface area contributed by atoms with Gasteiger partial charge in [-0.25, -0.2) is 0 Å². The Balaban J connectivity index is 1.76. The van der Waals surface area contributed by atoms with Crippen LogP contribution >= 0.6 is 0 Å². The summed E-state index contributed by atoms with van der Waals surface area (Å²) in [6.07, 6.45) is -0.0743. The third-order valence-electron chi connectivity index (χ3n) is 5.51. The first-order chi connectivity index (χ1) is 13.2. The smallest absolute Gasteiger partial charge is 0.196 e. The predicted octanol–water partition coefficient (Wildman–Crippen LogP) is 4.05. The fraction of sp³-hybridized carbons (Fsp3) is 0.174. The minimum absolute atomic E-state index is 0.0522. The molecule has 4 nitrogen and oxygen atoms in total. The Morgan fingerprint density at radius 2 is 1.81 bits per heavy atom. The number of ketones is 1. The minimum atomic E-state index is -0.0743. The zero-order chi connectivity index (χ0) is 18.5. The van der Waals surface area contributed by atoms with Crippen molar-refractivity contribution < 1.29 is 9.53 Å². The number of rotatable bonds is 3. The second-order valence-corrected chi connectivity index (χ2v) is 7.05. The Kier molecular flexibility index (Phi) is 3.55. The summed E-state index contributed by atoms with van der Waals surface area (Å²) in [4.78, 5) is 13.6. The van der Waals surface area contributed by atoms with E-state index in [4.69, 9.17) is 10.5 Å². The first-order valence-corrected chi connectivity index (χ1v) is 9.20. The van der Waals surface area contributed by atoms with E-state index in [2.05, 4.69) is 4.57 Å². The van der Waals surface area contributed by atoms with Crippen LogP contribution in [0.15, 0.2) is 60.7 Å². The van der Waals surface area contributed by atoms with Gasteiger partial charge >= 0.3 is 0 Å². The molecule has 1 unspecified atom stereocenters. The summed E-state index contributed by atoms with van der Waals surface area (Å²) in [5.74, 6) is 0.852. The number of carbonyl (C=O) groups is 1. The molecule has 0 radical (unpaired) electrons. The molecule has 27 heavy (non-hydrogen) atoms. The summed E-state index contributed by atoms with van der Waals surface area (Å²) < 4.78 is 8.20. The van der Waals surface area contributed by atoms with E-state index in [-0.39, 0.29) is 11.9 Å². The van der Waals surface area contributed by atoms with E-state index in [0.717, 1.165) is 44.2 Å². The van der Waals surface area contributed by atoms with Gasteiger partial charge in [0.15, 0.2) is 5.78 Å². The number of aromatic nitrogens is 1. The molecular weight excluding hydrogens is 336 g/mol. The third kappa shape index (κ3) is 2.30. The Morgan fingerprint density at radius 1 is 1.07 bits per heavy atom. The summed E-state index contributed by atoms with van der Waals surface area (Å²) in [6, 6.07) is 19.8. The lowest BCUT2D eigenvalue weighted by Gasteiger charge is -2.25. The van der Waals surface area contributed by atoms with Crippen molar-refractivity contribution in [3.05, 3.63) is 77.5 Å². The van der Waals surface area contributed by atoms with Crippen LogP contribution in [0.2, 0.25) is 0 Å². The van der Waals surface area contributed by atoms with Gasteiger partial charge in [-0.1, -0.05) is 54.6 Å². The zero-order valence-corrected chi connectivity index (χ0v) is 15.1. The summed E-state index contributed by atoms with van der Waals surface area (Å²) >= 11 is 0. The van der Waals surface area contributed by atoms with E-state index in [9.17, 15) is 4.79 Å². The molecule has 1 atom stereocenters. The highest BCUT2D eigenvalue weighted by Gasteiger charge is 2.28. The highest BCUT2D eigenvalue weighted by molar-refractivity contribution is 6.22. The van der Waals surface area contributed by atoms with E-state index < -0.39 is 0 Å². The summed E-state index contributed by atoms with van der Waals surface area (Å²) in [6.45, 7) is 3.12. The van der Waals surface area contributed by atoms with Crippen LogP contribution in [0.25, 0.3) is 21.7 Å². The van der Waals surface area contributed by atoms with Crippen molar-refractivity contribution in [2.45, 2.75) is 19.6 Å². The fourth-order valence-corrected chi connectivity index (χ4v) is 4.21. The van der Waals surface area contributed by atoms with Crippen molar-refractivity contribution in [3.63, 3.8) is 0 Å². The molecule has 3 aromatic carbocycles. The van der Waals surface area contributed by atoms with Crippen molar-refractivity contribution in [1.29, 1.82) is 0 Å². The summed E-state index contributed by atoms with van der Waals surface area (Å²) in [5.41, 5.74) is 9.30. The van der Waals surface area contributed by atoms with Crippen molar-refractivity contribution in [2.24, 2.45) is 5.73 Å². The van der Waals surface area contributed by atoms with Crippen LogP contribution in [0.5, 0.6) is 5.75 Å². The lowest BCUT2D eigenvalue weighted by atomic mass is 9.95. The summed E-state index contributed by atoms with van der Waals surface area (Å²) in [5, 5.41) is 2.99. The van der Waals surface area contributed by atoms with Gasteiger partial charge in [-0.15, -0.1) is 0 Å². The van der Waals surface area contributed by atoms with Gasteiger partial charge < -0.3 is 15.0 Å². The van der Waals surface area contributed by atoms with E-state index in [1.165, 1.54) is 0 Å². The average Bonchev–Trinajstić information content (AvgIpc) is 3.00. The van der Waals surface area contributed by atoms with Crippen LogP contribution in [-0.2, 0) is 6.54 Å². The monoisotopic (exact) mass is 356 g/mol. The number of benzene rings is 3. The van der Waals surface area contributed by atoms with Gasteiger partial charge in [-0.2, -0.15) is 0 Å². The lowest BCUT2D eigenvalue weighted by molar-refractivity contribution is 0.104. The van der Waals surface area contributed by atoms with Crippen LogP contribution in [0.4, 0.5) is 0 Å². The van der Waals surface area contributed by atoms with Gasteiger partial charge in [0.05, 0.1) is 17.6 Å². The Morgan fingerprint density at radius 3 is 2.67 bits per heavy atom. The lowest BCUT2D eigenvalue weighted by Crippen LogP contribution is -2.34. The maximum absolute atomic E-state index is 13.6. The number of hydrogen-bond donors (Lipinski definition) is 1. The topological polar surface area (TPSA) is 57.2 Å². The summed E-state index contributed by atoms with van der Waals surface area (Å²) in [7, 11) is 0. The number of ether oxygens (including phenoxy) is 1. The number of nitrogens with zero attached hydrogens (tertiary/aromatic N) is 1. The van der Waals surface area contributed by atoms with Crippen LogP contribution < -0.4 is 10.5 Å². The van der Waals surface area contributed by atoms with Crippen LogP contribution in [0, 0.1) is 6.92 Å². The quantitative estimate of drug-likeness (QED) is 0.563. The molecule has 0 bridgehead atoms. The molecule has 134 valence electrons. The largest absolute Gasteiger partial charge is 0.485 e. The fourth-order valence-electron chi connectivity index (χ4n) is 4.21. The Bertz CT molecular complexity index is 1200.